The molecule has 0 saturated heterocycles. The number of rotatable bonds is 2. The quantitative estimate of drug-likeness (QED) is 0.860. The molecular weight excluding hydrogens is 218 g/mol. The minimum atomic E-state index is 0.269. The number of furan rings is 1. The van der Waals surface area contributed by atoms with Crippen LogP contribution >= 0.6 is 0 Å². The lowest BCUT2D eigenvalue weighted by molar-refractivity contribution is 0.353. The molecule has 2 atom stereocenters. The average Bonchev–Trinajstić information content (AvgIpc) is 2.97. The largest absolute Gasteiger partial charge is 0.469 e. The van der Waals surface area contributed by atoms with Gasteiger partial charge in [0.05, 0.1) is 11.8 Å². The molecule has 2 unspecified atom stereocenters. The van der Waals surface area contributed by atoms with E-state index in [9.17, 15) is 0 Å². The third kappa shape index (κ3) is 1.86. The van der Waals surface area contributed by atoms with Crippen LogP contribution in [-0.4, -0.2) is 16.2 Å². The first-order valence-electron chi connectivity index (χ1n) is 5.87. The van der Waals surface area contributed by atoms with Crippen molar-refractivity contribution in [2.24, 2.45) is 5.73 Å². The molecule has 5 heteroatoms. The van der Waals surface area contributed by atoms with Gasteiger partial charge in [-0.15, -0.1) is 0 Å². The summed E-state index contributed by atoms with van der Waals surface area (Å²) in [7, 11) is 0. The Hall–Kier alpha value is -1.62. The molecule has 1 aliphatic rings. The summed E-state index contributed by atoms with van der Waals surface area (Å²) in [4.78, 5) is 4.44. The van der Waals surface area contributed by atoms with Crippen LogP contribution in [0.2, 0.25) is 0 Å². The highest BCUT2D eigenvalue weighted by Crippen LogP contribution is 2.33. The summed E-state index contributed by atoms with van der Waals surface area (Å²) in [6, 6.07) is 2.12. The number of nitrogens with two attached hydrogens (primary N) is 1. The van der Waals surface area contributed by atoms with Gasteiger partial charge in [0.15, 0.2) is 0 Å². The van der Waals surface area contributed by atoms with Crippen LogP contribution in [-0.2, 0) is 0 Å². The molecule has 0 aromatic carbocycles. The highest BCUT2D eigenvalue weighted by Gasteiger charge is 2.28. The Kier molecular flexibility index (Phi) is 2.48. The monoisotopic (exact) mass is 233 g/mol. The second-order valence-corrected chi connectivity index (χ2v) is 4.62. The first-order chi connectivity index (χ1) is 8.24. The summed E-state index contributed by atoms with van der Waals surface area (Å²) in [5.74, 6) is 2.43. The van der Waals surface area contributed by atoms with E-state index in [0.29, 0.717) is 17.6 Å². The fraction of sp³-hybridized carbons (Fsp3) is 0.500. The molecule has 2 aromatic rings. The highest BCUT2D eigenvalue weighted by molar-refractivity contribution is 5.56. The van der Waals surface area contributed by atoms with Crippen LogP contribution in [0, 0.1) is 6.92 Å². The van der Waals surface area contributed by atoms with Crippen LogP contribution in [0.1, 0.15) is 36.8 Å². The average molecular weight is 233 g/mol. The van der Waals surface area contributed by atoms with E-state index >= 15 is 0 Å². The Morgan fingerprint density at radius 1 is 1.41 bits per heavy atom. The van der Waals surface area contributed by atoms with E-state index in [0.717, 1.165) is 30.6 Å². The zero-order valence-corrected chi connectivity index (χ0v) is 9.72. The van der Waals surface area contributed by atoms with Crippen LogP contribution in [0.4, 0.5) is 0 Å². The van der Waals surface area contributed by atoms with E-state index in [1.807, 2.05) is 13.0 Å². The Labute approximate surface area is 99.0 Å². The summed E-state index contributed by atoms with van der Waals surface area (Å²) < 4.78 is 10.5. The Morgan fingerprint density at radius 2 is 2.29 bits per heavy atom. The molecule has 1 fully saturated rings. The lowest BCUT2D eigenvalue weighted by Crippen LogP contribution is -2.14. The first kappa shape index (κ1) is 10.5. The minimum absolute atomic E-state index is 0.269. The second kappa shape index (κ2) is 4.00. The number of aryl methyl sites for hydroxylation is 1. The van der Waals surface area contributed by atoms with E-state index in [1.165, 1.54) is 0 Å². The third-order valence-corrected chi connectivity index (χ3v) is 3.36. The van der Waals surface area contributed by atoms with Crippen LogP contribution in [0.3, 0.4) is 0 Å². The van der Waals surface area contributed by atoms with Gasteiger partial charge in [-0.05, 0) is 32.3 Å². The molecule has 0 aliphatic heterocycles. The van der Waals surface area contributed by atoms with Crippen molar-refractivity contribution in [3.63, 3.8) is 0 Å². The second-order valence-electron chi connectivity index (χ2n) is 4.62. The third-order valence-electron chi connectivity index (χ3n) is 3.36. The molecule has 0 amide bonds. The van der Waals surface area contributed by atoms with Gasteiger partial charge in [0, 0.05) is 12.0 Å². The molecule has 3 rings (SSSR count). The van der Waals surface area contributed by atoms with Crippen molar-refractivity contribution in [1.29, 1.82) is 0 Å². The Bertz CT molecular complexity index is 517. The van der Waals surface area contributed by atoms with Crippen molar-refractivity contribution in [1.82, 2.24) is 10.1 Å². The van der Waals surface area contributed by atoms with Gasteiger partial charge in [-0.2, -0.15) is 4.98 Å². The molecular formula is C12H15N3O2. The van der Waals surface area contributed by atoms with Crippen molar-refractivity contribution >= 4 is 0 Å². The van der Waals surface area contributed by atoms with Crippen molar-refractivity contribution in [2.45, 2.75) is 38.1 Å². The fourth-order valence-corrected chi connectivity index (χ4v) is 2.37. The topological polar surface area (TPSA) is 78.1 Å². The number of aromatic nitrogens is 2. The van der Waals surface area contributed by atoms with Crippen LogP contribution < -0.4 is 5.73 Å². The van der Waals surface area contributed by atoms with E-state index < -0.39 is 0 Å². The van der Waals surface area contributed by atoms with Crippen LogP contribution in [0.5, 0.6) is 0 Å². The molecule has 17 heavy (non-hydrogen) atoms. The molecule has 0 radical (unpaired) electrons. The predicted molar refractivity (Wildman–Crippen MR) is 61.3 cm³/mol. The molecule has 0 bridgehead atoms. The minimum Gasteiger partial charge on any atom is -0.469 e. The summed E-state index contributed by atoms with van der Waals surface area (Å²) in [5, 5.41) is 4.00. The molecule has 1 saturated carbocycles. The Balaban J connectivity index is 1.86. The summed E-state index contributed by atoms with van der Waals surface area (Å²) in [6.07, 6.45) is 4.64. The molecule has 0 spiro atoms. The van der Waals surface area contributed by atoms with Crippen molar-refractivity contribution in [3.8, 4) is 11.4 Å². The number of nitrogens with zero attached hydrogens (tertiary/aromatic N) is 2. The summed E-state index contributed by atoms with van der Waals surface area (Å²) in [5.41, 5.74) is 6.77. The van der Waals surface area contributed by atoms with Gasteiger partial charge < -0.3 is 14.7 Å². The molecule has 2 aromatic heterocycles. The van der Waals surface area contributed by atoms with E-state index in [-0.39, 0.29) is 6.04 Å². The molecule has 5 nitrogen and oxygen atoms in total. The Morgan fingerprint density at radius 3 is 2.94 bits per heavy atom. The zero-order valence-electron chi connectivity index (χ0n) is 9.72. The summed E-state index contributed by atoms with van der Waals surface area (Å²) in [6.45, 7) is 1.89. The summed E-state index contributed by atoms with van der Waals surface area (Å²) >= 11 is 0. The van der Waals surface area contributed by atoms with Gasteiger partial charge >= 0.3 is 0 Å². The van der Waals surface area contributed by atoms with E-state index in [1.54, 1.807) is 6.26 Å². The van der Waals surface area contributed by atoms with Crippen molar-refractivity contribution < 1.29 is 8.94 Å². The molecule has 2 N–H and O–H groups in total. The van der Waals surface area contributed by atoms with Gasteiger partial charge in [-0.25, -0.2) is 0 Å². The number of hydrogen-bond acceptors (Lipinski definition) is 5. The lowest BCUT2D eigenvalue weighted by atomic mass is 10.1. The standard InChI is InChI=1S/C12H15N3O2/c1-7-10(4-5-16-7)11-14-12(17-15-11)8-2-3-9(13)6-8/h4-5,8-9H,2-3,6,13H2,1H3. The van der Waals surface area contributed by atoms with Crippen LogP contribution in [0.25, 0.3) is 11.4 Å². The van der Waals surface area contributed by atoms with Gasteiger partial charge in [0.1, 0.15) is 5.76 Å². The highest BCUT2D eigenvalue weighted by atomic mass is 16.5. The fourth-order valence-electron chi connectivity index (χ4n) is 2.37. The maximum atomic E-state index is 5.88. The van der Waals surface area contributed by atoms with Gasteiger partial charge in [0.25, 0.3) is 0 Å². The molecule has 2 heterocycles. The van der Waals surface area contributed by atoms with Crippen LogP contribution in [0.15, 0.2) is 21.3 Å². The lowest BCUT2D eigenvalue weighted by Gasteiger charge is -2.01. The first-order valence-corrected chi connectivity index (χ1v) is 5.87. The maximum absolute atomic E-state index is 5.88. The normalized spacial score (nSPS) is 24.4. The SMILES string of the molecule is Cc1occc1-c1noc(C2CCC(N)C2)n1. The van der Waals surface area contributed by atoms with Crippen molar-refractivity contribution in [3.05, 3.63) is 24.0 Å². The molecule has 90 valence electrons. The van der Waals surface area contributed by atoms with E-state index in [2.05, 4.69) is 10.1 Å². The van der Waals surface area contributed by atoms with Crippen molar-refractivity contribution in [2.75, 3.05) is 0 Å². The predicted octanol–water partition coefficient (Wildman–Crippen LogP) is 2.23. The van der Waals surface area contributed by atoms with Gasteiger partial charge in [-0.3, -0.25) is 0 Å². The van der Waals surface area contributed by atoms with Gasteiger partial charge in [0.2, 0.25) is 11.7 Å². The number of hydrogen-bond donors (Lipinski definition) is 1. The molecule has 1 aliphatic carbocycles. The van der Waals surface area contributed by atoms with Gasteiger partial charge in [-0.1, -0.05) is 5.16 Å². The zero-order chi connectivity index (χ0) is 11.8. The maximum Gasteiger partial charge on any atom is 0.230 e. The van der Waals surface area contributed by atoms with E-state index in [4.69, 9.17) is 14.7 Å². The smallest absolute Gasteiger partial charge is 0.230 e.